The van der Waals surface area contributed by atoms with Gasteiger partial charge in [-0.1, -0.05) is 43.2 Å². The molecule has 0 amide bonds. The molecule has 0 aliphatic heterocycles. The normalized spacial score (nSPS) is 34.1. The van der Waals surface area contributed by atoms with Crippen molar-refractivity contribution in [1.29, 1.82) is 0 Å². The summed E-state index contributed by atoms with van der Waals surface area (Å²) in [5.41, 5.74) is 3.27. The van der Waals surface area contributed by atoms with Crippen LogP contribution in [-0.4, -0.2) is 34.7 Å². The molecule has 32 heavy (non-hydrogen) atoms. The van der Waals surface area contributed by atoms with Crippen LogP contribution in [0.25, 0.3) is 0 Å². The molecular formula is C27H40O5. The van der Waals surface area contributed by atoms with E-state index in [2.05, 4.69) is 26.0 Å². The Labute approximate surface area is 192 Å². The van der Waals surface area contributed by atoms with E-state index in [-0.39, 0.29) is 36.0 Å². The van der Waals surface area contributed by atoms with Crippen LogP contribution >= 0.6 is 0 Å². The minimum Gasteiger partial charge on any atom is -0.504 e. The Morgan fingerprint density at radius 2 is 1.84 bits per heavy atom. The molecule has 0 aromatic heterocycles. The maximum absolute atomic E-state index is 13.3. The van der Waals surface area contributed by atoms with Gasteiger partial charge >= 0.3 is 5.97 Å². The monoisotopic (exact) mass is 444 g/mol. The number of fused-ring (bicyclic) bond motifs is 1. The van der Waals surface area contributed by atoms with Gasteiger partial charge in [0.15, 0.2) is 5.76 Å². The smallest absolute Gasteiger partial charge is 0.302 e. The quantitative estimate of drug-likeness (QED) is 0.427. The summed E-state index contributed by atoms with van der Waals surface area (Å²) in [6.45, 7) is 11.4. The van der Waals surface area contributed by atoms with Crippen molar-refractivity contribution >= 4 is 11.8 Å². The second kappa shape index (κ2) is 11.1. The van der Waals surface area contributed by atoms with Crippen molar-refractivity contribution < 1.29 is 24.5 Å². The lowest BCUT2D eigenvalue weighted by molar-refractivity contribution is -0.141. The van der Waals surface area contributed by atoms with Gasteiger partial charge in [0.1, 0.15) is 0 Å². The minimum absolute atomic E-state index is 0.125. The maximum atomic E-state index is 13.3. The van der Waals surface area contributed by atoms with Crippen LogP contribution in [-0.2, 0) is 14.3 Å². The number of rotatable bonds is 3. The van der Waals surface area contributed by atoms with Crippen molar-refractivity contribution in [3.05, 3.63) is 46.3 Å². The number of esters is 1. The van der Waals surface area contributed by atoms with Gasteiger partial charge in [-0.3, -0.25) is 9.59 Å². The summed E-state index contributed by atoms with van der Waals surface area (Å²) in [4.78, 5) is 24.6. The largest absolute Gasteiger partial charge is 0.504 e. The summed E-state index contributed by atoms with van der Waals surface area (Å²) in [5.74, 6) is -1.31. The predicted molar refractivity (Wildman–Crippen MR) is 127 cm³/mol. The molecule has 2 N–H and O–H groups in total. The zero-order chi connectivity index (χ0) is 24.1. The SMILES string of the molecule is CC(=O)OCC(C)C1=C(O)C(=O)C2(C)C/C=C(/C)CC/C=C(\C)CCC(O)/C(C)=C/CC12. The molecular weight excluding hydrogens is 404 g/mol. The molecule has 0 spiro atoms. The molecule has 4 unspecified atom stereocenters. The summed E-state index contributed by atoms with van der Waals surface area (Å²) in [5, 5.41) is 21.5. The first-order valence-corrected chi connectivity index (χ1v) is 11.7. The highest BCUT2D eigenvalue weighted by Gasteiger charge is 2.51. The van der Waals surface area contributed by atoms with E-state index < -0.39 is 11.5 Å². The van der Waals surface area contributed by atoms with Gasteiger partial charge in [0.25, 0.3) is 0 Å². The first-order chi connectivity index (χ1) is 15.0. The Bertz CT molecular complexity index is 844. The van der Waals surface area contributed by atoms with Crippen molar-refractivity contribution in [3.63, 3.8) is 0 Å². The van der Waals surface area contributed by atoms with Crippen LogP contribution in [0.3, 0.4) is 0 Å². The summed E-state index contributed by atoms with van der Waals surface area (Å²) < 4.78 is 5.19. The molecule has 2 rings (SSSR count). The van der Waals surface area contributed by atoms with Crippen LogP contribution in [0.1, 0.15) is 80.1 Å². The summed E-state index contributed by atoms with van der Waals surface area (Å²) in [7, 11) is 0. The van der Waals surface area contributed by atoms with Gasteiger partial charge in [-0.2, -0.15) is 0 Å². The molecule has 0 radical (unpaired) electrons. The first kappa shape index (κ1) is 26.1. The molecule has 5 nitrogen and oxygen atoms in total. The molecule has 0 fully saturated rings. The number of hydrogen-bond donors (Lipinski definition) is 2. The van der Waals surface area contributed by atoms with Gasteiger partial charge in [-0.15, -0.1) is 0 Å². The van der Waals surface area contributed by atoms with Crippen LogP contribution in [0.4, 0.5) is 0 Å². The number of hydrogen-bond acceptors (Lipinski definition) is 5. The summed E-state index contributed by atoms with van der Waals surface area (Å²) in [6, 6.07) is 0. The van der Waals surface area contributed by atoms with E-state index in [1.54, 1.807) is 0 Å². The van der Waals surface area contributed by atoms with E-state index in [4.69, 9.17) is 4.74 Å². The third-order valence-corrected chi connectivity index (χ3v) is 7.14. The fourth-order valence-corrected chi connectivity index (χ4v) is 4.77. The topological polar surface area (TPSA) is 83.8 Å². The van der Waals surface area contributed by atoms with Gasteiger partial charge in [-0.25, -0.2) is 0 Å². The van der Waals surface area contributed by atoms with E-state index in [0.717, 1.165) is 24.8 Å². The van der Waals surface area contributed by atoms with E-state index in [1.807, 2.05) is 26.8 Å². The average molecular weight is 445 g/mol. The molecule has 4 atom stereocenters. The number of carbonyl (C=O) groups is 2. The number of carbonyl (C=O) groups excluding carboxylic acids is 2. The Morgan fingerprint density at radius 1 is 1.19 bits per heavy atom. The van der Waals surface area contributed by atoms with Crippen LogP contribution in [0, 0.1) is 17.3 Å². The Morgan fingerprint density at radius 3 is 2.50 bits per heavy atom. The molecule has 0 saturated heterocycles. The van der Waals surface area contributed by atoms with Crippen molar-refractivity contribution in [2.45, 2.75) is 86.2 Å². The molecule has 0 heterocycles. The molecule has 5 heteroatoms. The third-order valence-electron chi connectivity index (χ3n) is 7.14. The summed E-state index contributed by atoms with van der Waals surface area (Å²) >= 11 is 0. The Kier molecular flexibility index (Phi) is 9.08. The number of Topliss-reactive ketones (excluding diaryl/α,β-unsaturated/α-hetero) is 1. The van der Waals surface area contributed by atoms with E-state index in [0.29, 0.717) is 24.8 Å². The molecule has 178 valence electrons. The van der Waals surface area contributed by atoms with Crippen LogP contribution < -0.4 is 0 Å². The molecule has 2 aliphatic rings. The highest BCUT2D eigenvalue weighted by atomic mass is 16.5. The molecule has 0 aromatic carbocycles. The Balaban J connectivity index is 2.45. The van der Waals surface area contributed by atoms with Crippen LogP contribution in [0.5, 0.6) is 0 Å². The van der Waals surface area contributed by atoms with Crippen molar-refractivity contribution in [1.82, 2.24) is 0 Å². The van der Waals surface area contributed by atoms with E-state index in [1.165, 1.54) is 18.1 Å². The zero-order valence-electron chi connectivity index (χ0n) is 20.5. The van der Waals surface area contributed by atoms with E-state index in [9.17, 15) is 19.8 Å². The number of ketones is 1. The second-order valence-electron chi connectivity index (χ2n) is 9.89. The number of aliphatic hydroxyl groups is 2. The van der Waals surface area contributed by atoms with Gasteiger partial charge in [0.2, 0.25) is 5.78 Å². The Hall–Kier alpha value is -2.14. The highest BCUT2D eigenvalue weighted by Crippen LogP contribution is 2.50. The van der Waals surface area contributed by atoms with Gasteiger partial charge in [0.05, 0.1) is 12.7 Å². The van der Waals surface area contributed by atoms with Crippen molar-refractivity contribution in [2.75, 3.05) is 6.61 Å². The molecule has 0 aromatic rings. The van der Waals surface area contributed by atoms with Crippen LogP contribution in [0.2, 0.25) is 0 Å². The predicted octanol–water partition coefficient (Wildman–Crippen LogP) is 5.76. The lowest BCUT2D eigenvalue weighted by Crippen LogP contribution is -2.32. The molecule has 0 bridgehead atoms. The second-order valence-corrected chi connectivity index (χ2v) is 9.89. The number of allylic oxidation sites excluding steroid dienone is 6. The summed E-state index contributed by atoms with van der Waals surface area (Å²) in [6.07, 6.45) is 10.3. The first-order valence-electron chi connectivity index (χ1n) is 11.7. The number of aliphatic hydroxyl groups excluding tert-OH is 2. The van der Waals surface area contributed by atoms with Crippen molar-refractivity contribution in [3.8, 4) is 0 Å². The standard InChI is InChI=1S/C27H40O5/c1-17-8-7-9-18(2)14-15-27(6)22(12-11-19(3)23(29)13-10-17)24(25(30)26(27)31)20(4)16-32-21(5)28/h8,11,14,20,22-23,29-30H,7,9-10,12-13,15-16H2,1-6H3/b17-8+,18-14-,19-11+. The fourth-order valence-electron chi connectivity index (χ4n) is 4.77. The molecule has 0 saturated carbocycles. The molecule has 2 aliphatic carbocycles. The fraction of sp³-hybridized carbons (Fsp3) is 0.630. The van der Waals surface area contributed by atoms with Crippen molar-refractivity contribution in [2.24, 2.45) is 17.3 Å². The van der Waals surface area contributed by atoms with Gasteiger partial charge in [-0.05, 0) is 70.4 Å². The lowest BCUT2D eigenvalue weighted by Gasteiger charge is -2.32. The van der Waals surface area contributed by atoms with Gasteiger partial charge < -0.3 is 14.9 Å². The minimum atomic E-state index is -0.779. The zero-order valence-corrected chi connectivity index (χ0v) is 20.5. The lowest BCUT2D eigenvalue weighted by atomic mass is 9.70. The van der Waals surface area contributed by atoms with Gasteiger partial charge in [0, 0.05) is 24.2 Å². The maximum Gasteiger partial charge on any atom is 0.302 e. The highest BCUT2D eigenvalue weighted by molar-refractivity contribution is 6.02. The third kappa shape index (κ3) is 6.22. The number of ether oxygens (including phenoxy) is 1. The van der Waals surface area contributed by atoms with E-state index >= 15 is 0 Å². The average Bonchev–Trinajstić information content (AvgIpc) is 2.92. The van der Waals surface area contributed by atoms with Crippen LogP contribution in [0.15, 0.2) is 46.3 Å².